The maximum atomic E-state index is 6.56. The molecule has 3 nitrogen and oxygen atoms in total. The zero-order valence-electron chi connectivity index (χ0n) is 18.7. The average molecular weight is 423 g/mol. The fourth-order valence-electron chi connectivity index (χ4n) is 3.08. The zero-order valence-corrected chi connectivity index (χ0v) is 19.6. The summed E-state index contributed by atoms with van der Waals surface area (Å²) in [6, 6.07) is 25.7. The average Bonchev–Trinajstić information content (AvgIpc) is 2.68. The van der Waals surface area contributed by atoms with Crippen molar-refractivity contribution in [1.82, 2.24) is 0 Å². The Hall–Kier alpha value is -2.51. The van der Waals surface area contributed by atoms with Gasteiger partial charge in [-0.15, -0.1) is 0 Å². The van der Waals surface area contributed by atoms with Crippen molar-refractivity contribution >= 4 is 8.60 Å². The predicted molar refractivity (Wildman–Crippen MR) is 126 cm³/mol. The number of hydrogen-bond donors (Lipinski definition) is 0. The minimum atomic E-state index is -1.72. The second-order valence-corrected chi connectivity index (χ2v) is 10.3. The molecule has 0 saturated carbocycles. The summed E-state index contributed by atoms with van der Waals surface area (Å²) in [4.78, 5) is 0. The summed E-state index contributed by atoms with van der Waals surface area (Å²) in [5.41, 5.74) is 2.10. The van der Waals surface area contributed by atoms with Crippen LogP contribution in [-0.2, 0) is 10.8 Å². The molecule has 3 rings (SSSR count). The molecule has 0 heterocycles. The van der Waals surface area contributed by atoms with E-state index in [4.69, 9.17) is 13.6 Å². The van der Waals surface area contributed by atoms with Gasteiger partial charge in [0.15, 0.2) is 0 Å². The van der Waals surface area contributed by atoms with Gasteiger partial charge in [-0.3, -0.25) is 0 Å². The van der Waals surface area contributed by atoms with Crippen LogP contribution in [0, 0.1) is 0 Å². The Labute approximate surface area is 182 Å². The summed E-state index contributed by atoms with van der Waals surface area (Å²) < 4.78 is 18.9. The van der Waals surface area contributed by atoms with Crippen LogP contribution < -0.4 is 13.6 Å². The summed E-state index contributed by atoms with van der Waals surface area (Å²) in [6.45, 7) is 13.2. The second-order valence-electron chi connectivity index (χ2n) is 9.31. The maximum Gasteiger partial charge on any atom is 0.530 e. The molecule has 158 valence electrons. The first-order valence-corrected chi connectivity index (χ1v) is 11.3. The van der Waals surface area contributed by atoms with Gasteiger partial charge in [-0.05, 0) is 35.1 Å². The molecule has 0 bridgehead atoms. The van der Waals surface area contributed by atoms with Gasteiger partial charge in [0.2, 0.25) is 0 Å². The van der Waals surface area contributed by atoms with Gasteiger partial charge in [-0.1, -0.05) is 96.1 Å². The Kier molecular flexibility index (Phi) is 6.73. The lowest BCUT2D eigenvalue weighted by Crippen LogP contribution is -2.19. The summed E-state index contributed by atoms with van der Waals surface area (Å²) in [5, 5.41) is 0. The molecule has 0 amide bonds. The molecule has 0 aliphatic carbocycles. The van der Waals surface area contributed by atoms with E-state index in [-0.39, 0.29) is 10.8 Å². The van der Waals surface area contributed by atoms with Crippen LogP contribution in [0.5, 0.6) is 17.2 Å². The maximum absolute atomic E-state index is 6.56. The highest BCUT2D eigenvalue weighted by Gasteiger charge is 2.30. The van der Waals surface area contributed by atoms with Crippen LogP contribution in [0.25, 0.3) is 0 Å². The highest BCUT2D eigenvalue weighted by molar-refractivity contribution is 7.43. The number of hydrogen-bond acceptors (Lipinski definition) is 3. The first-order chi connectivity index (χ1) is 14.1. The van der Waals surface area contributed by atoms with Crippen LogP contribution in [0.15, 0.2) is 78.9 Å². The van der Waals surface area contributed by atoms with Crippen molar-refractivity contribution < 1.29 is 13.6 Å². The van der Waals surface area contributed by atoms with Crippen molar-refractivity contribution in [3.8, 4) is 17.2 Å². The molecule has 3 aromatic rings. The predicted octanol–water partition coefficient (Wildman–Crippen LogP) is 8.05. The smallest absolute Gasteiger partial charge is 0.409 e. The van der Waals surface area contributed by atoms with Gasteiger partial charge in [-0.2, -0.15) is 0 Å². The molecule has 30 heavy (non-hydrogen) atoms. The van der Waals surface area contributed by atoms with Crippen molar-refractivity contribution in [1.29, 1.82) is 0 Å². The molecule has 0 fully saturated rings. The topological polar surface area (TPSA) is 27.7 Å². The fraction of sp³-hybridized carbons (Fsp3) is 0.308. The van der Waals surface area contributed by atoms with E-state index in [0.29, 0.717) is 11.5 Å². The highest BCUT2D eigenvalue weighted by Crippen LogP contribution is 2.48. The van der Waals surface area contributed by atoms with Gasteiger partial charge in [0.25, 0.3) is 0 Å². The van der Waals surface area contributed by atoms with E-state index in [1.54, 1.807) is 0 Å². The van der Waals surface area contributed by atoms with Gasteiger partial charge >= 0.3 is 8.60 Å². The van der Waals surface area contributed by atoms with Crippen molar-refractivity contribution in [2.24, 2.45) is 0 Å². The molecule has 0 saturated heterocycles. The summed E-state index contributed by atoms with van der Waals surface area (Å²) in [5.74, 6) is 2.27. The molecule has 3 aromatic carbocycles. The molecule has 0 radical (unpaired) electrons. The standard InChI is InChI=1S/C26H31O3P/c1-25(2,3)22-18-13-19-23(26(4,5)6)24(22)29-30(27-20-14-9-7-10-15-20)28-21-16-11-8-12-17-21/h7-19H,1-6H3. The zero-order chi connectivity index (χ0) is 21.8. The number of rotatable bonds is 6. The SMILES string of the molecule is CC(C)(C)c1cccc(C(C)(C)C)c1OP(Oc1ccccc1)Oc1ccccc1. The normalized spacial score (nSPS) is 12.0. The lowest BCUT2D eigenvalue weighted by atomic mass is 9.80. The first-order valence-electron chi connectivity index (χ1n) is 10.2. The lowest BCUT2D eigenvalue weighted by Gasteiger charge is -2.30. The van der Waals surface area contributed by atoms with Gasteiger partial charge in [0, 0.05) is 11.1 Å². The quantitative estimate of drug-likeness (QED) is 0.376. The minimum Gasteiger partial charge on any atom is -0.409 e. The van der Waals surface area contributed by atoms with E-state index in [2.05, 4.69) is 59.7 Å². The summed E-state index contributed by atoms with van der Waals surface area (Å²) in [6.07, 6.45) is 0. The Morgan fingerprint density at radius 3 is 1.27 bits per heavy atom. The van der Waals surface area contributed by atoms with Crippen LogP contribution >= 0.6 is 8.60 Å². The third-order valence-electron chi connectivity index (χ3n) is 4.64. The molecule has 0 unspecified atom stereocenters. The molecule has 0 N–H and O–H groups in total. The summed E-state index contributed by atoms with van der Waals surface area (Å²) >= 11 is 0. The van der Waals surface area contributed by atoms with E-state index in [1.165, 1.54) is 0 Å². The van der Waals surface area contributed by atoms with Crippen LogP contribution in [0.3, 0.4) is 0 Å². The van der Waals surface area contributed by atoms with Gasteiger partial charge < -0.3 is 13.6 Å². The second kappa shape index (κ2) is 9.10. The molecule has 0 aromatic heterocycles. The number of para-hydroxylation sites is 3. The van der Waals surface area contributed by atoms with Crippen LogP contribution in [0.2, 0.25) is 0 Å². The Morgan fingerprint density at radius 2 is 0.900 bits per heavy atom. The lowest BCUT2D eigenvalue weighted by molar-refractivity contribution is 0.376. The largest absolute Gasteiger partial charge is 0.530 e. The van der Waals surface area contributed by atoms with Gasteiger partial charge in [0.1, 0.15) is 17.2 Å². The molecule has 4 heteroatoms. The van der Waals surface area contributed by atoms with E-state index in [1.807, 2.05) is 60.7 Å². The van der Waals surface area contributed by atoms with Crippen molar-refractivity contribution in [3.63, 3.8) is 0 Å². The van der Waals surface area contributed by atoms with E-state index < -0.39 is 8.60 Å². The van der Waals surface area contributed by atoms with E-state index in [9.17, 15) is 0 Å². The third kappa shape index (κ3) is 5.77. The van der Waals surface area contributed by atoms with Crippen molar-refractivity contribution in [3.05, 3.63) is 90.0 Å². The summed E-state index contributed by atoms with van der Waals surface area (Å²) in [7, 11) is -1.72. The molecule has 0 atom stereocenters. The Morgan fingerprint density at radius 1 is 0.500 bits per heavy atom. The van der Waals surface area contributed by atoms with E-state index in [0.717, 1.165) is 16.9 Å². The molecule has 0 aliphatic heterocycles. The Balaban J connectivity index is 2.02. The van der Waals surface area contributed by atoms with Crippen LogP contribution in [0.1, 0.15) is 52.7 Å². The van der Waals surface area contributed by atoms with Crippen LogP contribution in [0.4, 0.5) is 0 Å². The third-order valence-corrected chi connectivity index (χ3v) is 5.69. The molecule has 0 aliphatic rings. The van der Waals surface area contributed by atoms with Gasteiger partial charge in [-0.25, -0.2) is 0 Å². The first kappa shape index (κ1) is 22.2. The molecular formula is C26H31O3P. The van der Waals surface area contributed by atoms with Crippen LogP contribution in [-0.4, -0.2) is 0 Å². The monoisotopic (exact) mass is 422 g/mol. The Bertz CT molecular complexity index is 868. The molecular weight excluding hydrogens is 391 g/mol. The van der Waals surface area contributed by atoms with Crippen molar-refractivity contribution in [2.45, 2.75) is 52.4 Å². The van der Waals surface area contributed by atoms with E-state index >= 15 is 0 Å². The number of benzene rings is 3. The molecule has 0 spiro atoms. The minimum absolute atomic E-state index is 0.0862. The van der Waals surface area contributed by atoms with Gasteiger partial charge in [0.05, 0.1) is 0 Å². The van der Waals surface area contributed by atoms with Crippen molar-refractivity contribution in [2.75, 3.05) is 0 Å². The highest BCUT2D eigenvalue weighted by atomic mass is 31.2. The fourth-order valence-corrected chi connectivity index (χ4v) is 4.13.